The third-order valence-electron chi connectivity index (χ3n) is 3.91. The Morgan fingerprint density at radius 3 is 2.85 bits per heavy atom. The molecule has 1 aromatic carbocycles. The van der Waals surface area contributed by atoms with Gasteiger partial charge in [-0.25, -0.2) is 0 Å². The van der Waals surface area contributed by atoms with Crippen molar-refractivity contribution in [2.45, 2.75) is 37.5 Å². The van der Waals surface area contributed by atoms with Crippen LogP contribution in [0.15, 0.2) is 28.7 Å². The van der Waals surface area contributed by atoms with Gasteiger partial charge in [0.1, 0.15) is 0 Å². The fourth-order valence-electron chi connectivity index (χ4n) is 2.49. The topological polar surface area (TPSA) is 23.5 Å². The normalized spacial score (nSPS) is 21.4. The summed E-state index contributed by atoms with van der Waals surface area (Å²) in [7, 11) is 0. The largest absolute Gasteiger partial charge is 0.388 e. The molecular weight excluding hydrogens is 334 g/mol. The van der Waals surface area contributed by atoms with Crippen LogP contribution in [0.1, 0.15) is 38.4 Å². The van der Waals surface area contributed by atoms with Crippen molar-refractivity contribution in [1.82, 2.24) is 4.90 Å². The molecule has 0 saturated carbocycles. The lowest BCUT2D eigenvalue weighted by atomic mass is 10.1. The molecule has 1 aliphatic rings. The lowest BCUT2D eigenvalue weighted by molar-refractivity contribution is 0.143. The molecule has 0 radical (unpaired) electrons. The molecule has 1 aliphatic heterocycles. The highest BCUT2D eigenvalue weighted by atomic mass is 79.9. The van der Waals surface area contributed by atoms with Gasteiger partial charge in [-0.15, -0.1) is 0 Å². The molecule has 2 rings (SSSR count). The molecule has 1 aromatic rings. The average molecular weight is 358 g/mol. The molecule has 1 saturated heterocycles. The number of benzene rings is 1. The van der Waals surface area contributed by atoms with Crippen molar-refractivity contribution in [3.05, 3.63) is 34.3 Å². The molecule has 1 fully saturated rings. The third-order valence-corrected chi connectivity index (χ3v) is 6.01. The number of nitrogens with zero attached hydrogens (tertiary/aromatic N) is 1. The van der Waals surface area contributed by atoms with Crippen molar-refractivity contribution in [2.75, 3.05) is 25.4 Å². The summed E-state index contributed by atoms with van der Waals surface area (Å²) >= 11 is 5.58. The zero-order chi connectivity index (χ0) is 14.6. The van der Waals surface area contributed by atoms with Gasteiger partial charge in [0, 0.05) is 28.1 Å². The second-order valence-corrected chi connectivity index (χ2v) is 8.68. The maximum atomic E-state index is 10.3. The van der Waals surface area contributed by atoms with E-state index in [0.29, 0.717) is 4.75 Å². The number of aliphatic hydroxyl groups is 1. The van der Waals surface area contributed by atoms with Gasteiger partial charge in [0.05, 0.1) is 6.10 Å². The molecule has 0 spiro atoms. The van der Waals surface area contributed by atoms with E-state index in [1.54, 1.807) is 0 Å². The molecule has 4 heteroatoms. The molecule has 112 valence electrons. The first-order chi connectivity index (χ1) is 9.48. The Balaban J connectivity index is 1.84. The molecule has 1 heterocycles. The van der Waals surface area contributed by atoms with Gasteiger partial charge in [-0.2, -0.15) is 11.8 Å². The quantitative estimate of drug-likeness (QED) is 0.877. The highest BCUT2D eigenvalue weighted by Gasteiger charge is 2.23. The van der Waals surface area contributed by atoms with Gasteiger partial charge in [-0.1, -0.05) is 48.0 Å². The van der Waals surface area contributed by atoms with Gasteiger partial charge in [-0.05, 0) is 31.0 Å². The minimum Gasteiger partial charge on any atom is -0.388 e. The summed E-state index contributed by atoms with van der Waals surface area (Å²) in [5, 5.41) is 10.3. The fourth-order valence-corrected chi connectivity index (χ4v) is 4.18. The van der Waals surface area contributed by atoms with E-state index in [1.807, 2.05) is 24.3 Å². The SMILES string of the molecule is CC1(C)CCN(CCC(O)c2ccccc2Br)CCS1. The second-order valence-electron chi connectivity index (χ2n) is 6.03. The van der Waals surface area contributed by atoms with Crippen LogP contribution >= 0.6 is 27.7 Å². The average Bonchev–Trinajstić information content (AvgIpc) is 2.57. The van der Waals surface area contributed by atoms with E-state index in [2.05, 4.69) is 46.4 Å². The first-order valence-electron chi connectivity index (χ1n) is 7.27. The zero-order valence-electron chi connectivity index (χ0n) is 12.3. The number of hydrogen-bond donors (Lipinski definition) is 1. The Morgan fingerprint density at radius 2 is 2.10 bits per heavy atom. The molecule has 1 atom stereocenters. The summed E-state index contributed by atoms with van der Waals surface area (Å²) in [6.07, 6.45) is 1.64. The number of aliphatic hydroxyl groups excluding tert-OH is 1. The number of halogens is 1. The molecule has 0 amide bonds. The van der Waals surface area contributed by atoms with Crippen LogP contribution in [0, 0.1) is 0 Å². The third kappa shape index (κ3) is 4.76. The number of hydrogen-bond acceptors (Lipinski definition) is 3. The summed E-state index contributed by atoms with van der Waals surface area (Å²) in [5.41, 5.74) is 0.997. The van der Waals surface area contributed by atoms with Crippen LogP contribution in [-0.2, 0) is 0 Å². The second kappa shape index (κ2) is 7.30. The van der Waals surface area contributed by atoms with Crippen LogP contribution in [0.5, 0.6) is 0 Å². The minimum absolute atomic E-state index is 0.380. The lowest BCUT2D eigenvalue weighted by Crippen LogP contribution is -2.29. The van der Waals surface area contributed by atoms with E-state index in [1.165, 1.54) is 12.2 Å². The highest BCUT2D eigenvalue weighted by Crippen LogP contribution is 2.31. The first kappa shape index (κ1) is 16.3. The maximum Gasteiger partial charge on any atom is 0.0813 e. The van der Waals surface area contributed by atoms with Crippen molar-refractivity contribution < 1.29 is 5.11 Å². The molecule has 2 nitrogen and oxygen atoms in total. The van der Waals surface area contributed by atoms with Gasteiger partial charge in [-0.3, -0.25) is 0 Å². The van der Waals surface area contributed by atoms with Gasteiger partial charge in [0.2, 0.25) is 0 Å². The van der Waals surface area contributed by atoms with E-state index < -0.39 is 0 Å². The highest BCUT2D eigenvalue weighted by molar-refractivity contribution is 9.10. The van der Waals surface area contributed by atoms with Crippen molar-refractivity contribution >= 4 is 27.7 Å². The Morgan fingerprint density at radius 1 is 1.35 bits per heavy atom. The summed E-state index contributed by atoms with van der Waals surface area (Å²) in [6, 6.07) is 7.95. The Kier molecular flexibility index (Phi) is 5.96. The van der Waals surface area contributed by atoms with Crippen LogP contribution in [0.3, 0.4) is 0 Å². The van der Waals surface area contributed by atoms with E-state index in [4.69, 9.17) is 0 Å². The van der Waals surface area contributed by atoms with E-state index >= 15 is 0 Å². The Labute approximate surface area is 135 Å². The van der Waals surface area contributed by atoms with E-state index in [9.17, 15) is 5.11 Å². The molecule has 1 unspecified atom stereocenters. The molecule has 0 aromatic heterocycles. The van der Waals surface area contributed by atoms with Gasteiger partial charge in [0.25, 0.3) is 0 Å². The van der Waals surface area contributed by atoms with Crippen molar-refractivity contribution in [3.63, 3.8) is 0 Å². The predicted octanol–water partition coefficient (Wildman–Crippen LogP) is 4.09. The number of thioether (sulfide) groups is 1. The standard InChI is InChI=1S/C16H24BrNOS/c1-16(2)8-10-18(11-12-20-16)9-7-15(19)13-5-3-4-6-14(13)17/h3-6,15,19H,7-12H2,1-2H3. The fraction of sp³-hybridized carbons (Fsp3) is 0.625. The van der Waals surface area contributed by atoms with Crippen molar-refractivity contribution in [1.29, 1.82) is 0 Å². The molecule has 0 aliphatic carbocycles. The van der Waals surface area contributed by atoms with E-state index in [-0.39, 0.29) is 6.10 Å². The molecular formula is C16H24BrNOS. The van der Waals surface area contributed by atoms with Crippen LogP contribution in [0.4, 0.5) is 0 Å². The Bertz CT molecular complexity index is 438. The summed E-state index contributed by atoms with van der Waals surface area (Å²) < 4.78 is 1.40. The zero-order valence-corrected chi connectivity index (χ0v) is 14.7. The van der Waals surface area contributed by atoms with E-state index in [0.717, 1.165) is 36.1 Å². The predicted molar refractivity (Wildman–Crippen MR) is 91.3 cm³/mol. The minimum atomic E-state index is -0.380. The molecule has 20 heavy (non-hydrogen) atoms. The number of rotatable bonds is 4. The Hall–Kier alpha value is -0.0300. The van der Waals surface area contributed by atoms with Crippen molar-refractivity contribution in [2.24, 2.45) is 0 Å². The monoisotopic (exact) mass is 357 g/mol. The summed E-state index contributed by atoms with van der Waals surface area (Å²) in [6.45, 7) is 7.91. The van der Waals surface area contributed by atoms with Crippen LogP contribution in [0.2, 0.25) is 0 Å². The van der Waals surface area contributed by atoms with Gasteiger partial charge >= 0.3 is 0 Å². The molecule has 1 N–H and O–H groups in total. The summed E-state index contributed by atoms with van der Waals surface area (Å²) in [4.78, 5) is 2.49. The van der Waals surface area contributed by atoms with Crippen molar-refractivity contribution in [3.8, 4) is 0 Å². The lowest BCUT2D eigenvalue weighted by Gasteiger charge is -2.23. The maximum absolute atomic E-state index is 10.3. The first-order valence-corrected chi connectivity index (χ1v) is 9.05. The van der Waals surface area contributed by atoms with Crippen LogP contribution in [-0.4, -0.2) is 40.1 Å². The van der Waals surface area contributed by atoms with Crippen LogP contribution < -0.4 is 0 Å². The molecule has 0 bridgehead atoms. The van der Waals surface area contributed by atoms with Gasteiger partial charge in [0.15, 0.2) is 0 Å². The van der Waals surface area contributed by atoms with Crippen LogP contribution in [0.25, 0.3) is 0 Å². The van der Waals surface area contributed by atoms with Gasteiger partial charge < -0.3 is 10.0 Å². The smallest absolute Gasteiger partial charge is 0.0813 e. The summed E-state index contributed by atoms with van der Waals surface area (Å²) in [5.74, 6) is 1.19.